The van der Waals surface area contributed by atoms with Crippen molar-refractivity contribution in [2.75, 3.05) is 31.3 Å². The Morgan fingerprint density at radius 3 is 2.85 bits per heavy atom. The van der Waals surface area contributed by atoms with Crippen LogP contribution in [0.5, 0.6) is 0 Å². The lowest BCUT2D eigenvalue weighted by atomic mass is 9.99. The van der Waals surface area contributed by atoms with Gasteiger partial charge < -0.3 is 21.1 Å². The third-order valence-corrected chi connectivity index (χ3v) is 4.50. The molecule has 1 aromatic rings. The first-order valence-electron chi connectivity index (χ1n) is 6.75. The molecule has 0 atom stereocenters. The van der Waals surface area contributed by atoms with Crippen LogP contribution in [0.3, 0.4) is 0 Å². The number of nitrogens with one attached hydrogen (secondary N) is 2. The minimum Gasteiger partial charge on any atom is -0.383 e. The molecule has 7 heteroatoms. The fraction of sp³-hybridized carbons (Fsp3) is 0.692. The van der Waals surface area contributed by atoms with E-state index >= 15 is 0 Å². The molecule has 0 bridgehead atoms. The Bertz CT molecular complexity index is 483. The standard InChI is InChI=1S/C13H22N4O2S/c1-13(2,8-4-5-8)17-11(18)9-10(14)16-12(20-9)15-6-7-19-3/h8H,4-7,14H2,1-3H3,(H,15,16)(H,17,18). The minimum absolute atomic E-state index is 0.142. The van der Waals surface area contributed by atoms with Gasteiger partial charge in [-0.25, -0.2) is 4.98 Å². The van der Waals surface area contributed by atoms with E-state index in [1.165, 1.54) is 24.2 Å². The van der Waals surface area contributed by atoms with Gasteiger partial charge in [0.25, 0.3) is 5.91 Å². The Labute approximate surface area is 123 Å². The van der Waals surface area contributed by atoms with Crippen molar-refractivity contribution in [2.45, 2.75) is 32.2 Å². The number of carbonyl (C=O) groups excluding carboxylic acids is 1. The van der Waals surface area contributed by atoms with Crippen molar-refractivity contribution in [3.8, 4) is 0 Å². The Morgan fingerprint density at radius 1 is 1.55 bits per heavy atom. The Balaban J connectivity index is 1.98. The first-order valence-corrected chi connectivity index (χ1v) is 7.57. The average Bonchev–Trinajstić information content (AvgIpc) is 3.15. The van der Waals surface area contributed by atoms with E-state index in [4.69, 9.17) is 10.5 Å². The third-order valence-electron chi connectivity index (χ3n) is 3.48. The van der Waals surface area contributed by atoms with Crippen molar-refractivity contribution in [3.63, 3.8) is 0 Å². The quantitative estimate of drug-likeness (QED) is 0.667. The summed E-state index contributed by atoms with van der Waals surface area (Å²) >= 11 is 1.28. The molecular weight excluding hydrogens is 276 g/mol. The Hall–Kier alpha value is -1.34. The van der Waals surface area contributed by atoms with Crippen molar-refractivity contribution in [3.05, 3.63) is 4.88 Å². The van der Waals surface area contributed by atoms with E-state index in [1.54, 1.807) is 7.11 Å². The monoisotopic (exact) mass is 298 g/mol. The molecule has 0 spiro atoms. The predicted molar refractivity (Wildman–Crippen MR) is 81.2 cm³/mol. The van der Waals surface area contributed by atoms with Crippen LogP contribution in [0.25, 0.3) is 0 Å². The van der Waals surface area contributed by atoms with Crippen LogP contribution in [0.2, 0.25) is 0 Å². The molecule has 1 fully saturated rings. The second-order valence-corrected chi connectivity index (χ2v) is 6.60. The SMILES string of the molecule is COCCNc1nc(N)c(C(=O)NC(C)(C)C2CC2)s1. The Morgan fingerprint density at radius 2 is 2.25 bits per heavy atom. The molecule has 1 aromatic heterocycles. The number of ether oxygens (including phenoxy) is 1. The number of carbonyl (C=O) groups is 1. The number of methoxy groups -OCH3 is 1. The highest BCUT2D eigenvalue weighted by Gasteiger charge is 2.39. The molecule has 4 N–H and O–H groups in total. The van der Waals surface area contributed by atoms with Gasteiger partial charge in [0.15, 0.2) is 5.13 Å². The smallest absolute Gasteiger partial charge is 0.265 e. The molecule has 0 aromatic carbocycles. The van der Waals surface area contributed by atoms with Crippen LogP contribution in [0.1, 0.15) is 36.4 Å². The summed E-state index contributed by atoms with van der Waals surface area (Å²) in [6, 6.07) is 0. The van der Waals surface area contributed by atoms with Crippen molar-refractivity contribution >= 4 is 28.2 Å². The maximum absolute atomic E-state index is 12.3. The zero-order valence-corrected chi connectivity index (χ0v) is 13.0. The second-order valence-electron chi connectivity index (χ2n) is 5.60. The Kier molecular flexibility index (Phi) is 4.49. The molecule has 2 rings (SSSR count). The molecule has 112 valence electrons. The van der Waals surface area contributed by atoms with E-state index < -0.39 is 0 Å². The van der Waals surface area contributed by atoms with Crippen LogP contribution in [-0.4, -0.2) is 36.7 Å². The minimum atomic E-state index is -0.183. The number of anilines is 2. The maximum Gasteiger partial charge on any atom is 0.265 e. The molecule has 0 aliphatic heterocycles. The van der Waals surface area contributed by atoms with Gasteiger partial charge in [-0.15, -0.1) is 0 Å². The first-order chi connectivity index (χ1) is 9.44. The van der Waals surface area contributed by atoms with E-state index in [0.29, 0.717) is 29.1 Å². The molecule has 1 amide bonds. The number of thiazole rings is 1. The zero-order chi connectivity index (χ0) is 14.8. The van der Waals surface area contributed by atoms with Crippen LogP contribution in [0.15, 0.2) is 0 Å². The summed E-state index contributed by atoms with van der Waals surface area (Å²) < 4.78 is 4.95. The largest absolute Gasteiger partial charge is 0.383 e. The van der Waals surface area contributed by atoms with Crippen molar-refractivity contribution in [1.82, 2.24) is 10.3 Å². The van der Waals surface area contributed by atoms with E-state index in [-0.39, 0.29) is 17.3 Å². The number of rotatable bonds is 7. The number of hydrogen-bond donors (Lipinski definition) is 3. The fourth-order valence-corrected chi connectivity index (χ4v) is 2.89. The summed E-state index contributed by atoms with van der Waals surface area (Å²) in [5.74, 6) is 0.704. The molecular formula is C13H22N4O2S. The average molecular weight is 298 g/mol. The van der Waals surface area contributed by atoms with Gasteiger partial charge in [-0.3, -0.25) is 4.79 Å². The summed E-state index contributed by atoms with van der Waals surface area (Å²) in [5, 5.41) is 6.78. The molecule has 0 radical (unpaired) electrons. The number of amides is 1. The van der Waals surface area contributed by atoms with Crippen molar-refractivity contribution in [1.29, 1.82) is 0 Å². The van der Waals surface area contributed by atoms with E-state index in [0.717, 1.165) is 0 Å². The van der Waals surface area contributed by atoms with Crippen LogP contribution < -0.4 is 16.4 Å². The summed E-state index contributed by atoms with van der Waals surface area (Å²) in [6.07, 6.45) is 2.35. The topological polar surface area (TPSA) is 89.3 Å². The number of aromatic nitrogens is 1. The lowest BCUT2D eigenvalue weighted by Crippen LogP contribution is -2.45. The molecule has 1 saturated carbocycles. The second kappa shape index (κ2) is 5.97. The number of nitrogens with zero attached hydrogens (tertiary/aromatic N) is 1. The van der Waals surface area contributed by atoms with E-state index in [1.807, 2.05) is 0 Å². The van der Waals surface area contributed by atoms with E-state index in [2.05, 4.69) is 29.5 Å². The van der Waals surface area contributed by atoms with Crippen LogP contribution in [0.4, 0.5) is 10.9 Å². The van der Waals surface area contributed by atoms with Crippen molar-refractivity contribution in [2.24, 2.45) is 5.92 Å². The fourth-order valence-electron chi connectivity index (χ4n) is 2.09. The molecule has 6 nitrogen and oxygen atoms in total. The molecule has 20 heavy (non-hydrogen) atoms. The molecule has 0 unspecified atom stereocenters. The highest BCUT2D eigenvalue weighted by molar-refractivity contribution is 7.18. The highest BCUT2D eigenvalue weighted by Crippen LogP contribution is 2.39. The van der Waals surface area contributed by atoms with Gasteiger partial charge in [-0.1, -0.05) is 11.3 Å². The first kappa shape index (κ1) is 15.1. The molecule has 1 heterocycles. The summed E-state index contributed by atoms with van der Waals surface area (Å²) in [6.45, 7) is 5.32. The highest BCUT2D eigenvalue weighted by atomic mass is 32.1. The normalized spacial score (nSPS) is 15.2. The number of hydrogen-bond acceptors (Lipinski definition) is 6. The van der Waals surface area contributed by atoms with Gasteiger partial charge >= 0.3 is 0 Å². The van der Waals surface area contributed by atoms with Crippen molar-refractivity contribution < 1.29 is 9.53 Å². The summed E-state index contributed by atoms with van der Waals surface area (Å²) in [4.78, 5) is 16.9. The lowest BCUT2D eigenvalue weighted by molar-refractivity contribution is 0.0908. The van der Waals surface area contributed by atoms with E-state index in [9.17, 15) is 4.79 Å². The van der Waals surface area contributed by atoms with Gasteiger partial charge in [-0.2, -0.15) is 0 Å². The zero-order valence-electron chi connectivity index (χ0n) is 12.2. The van der Waals surface area contributed by atoms with Gasteiger partial charge in [0, 0.05) is 19.2 Å². The van der Waals surface area contributed by atoms with Crippen LogP contribution >= 0.6 is 11.3 Å². The number of nitrogens with two attached hydrogens (primary N) is 1. The van der Waals surface area contributed by atoms with Gasteiger partial charge in [0.2, 0.25) is 0 Å². The third kappa shape index (κ3) is 3.61. The number of nitrogen functional groups attached to an aromatic ring is 1. The maximum atomic E-state index is 12.3. The lowest BCUT2D eigenvalue weighted by Gasteiger charge is -2.25. The predicted octanol–water partition coefficient (Wildman–Crippen LogP) is 1.70. The summed E-state index contributed by atoms with van der Waals surface area (Å²) in [5.41, 5.74) is 5.64. The van der Waals surface area contributed by atoms with Gasteiger partial charge in [0.05, 0.1) is 6.61 Å². The van der Waals surface area contributed by atoms with Crippen LogP contribution in [0, 0.1) is 5.92 Å². The van der Waals surface area contributed by atoms with Crippen LogP contribution in [-0.2, 0) is 4.74 Å². The van der Waals surface area contributed by atoms with Gasteiger partial charge in [-0.05, 0) is 32.6 Å². The molecule has 1 aliphatic carbocycles. The molecule has 1 aliphatic rings. The molecule has 0 saturated heterocycles. The van der Waals surface area contributed by atoms with Gasteiger partial charge in [0.1, 0.15) is 10.7 Å². The summed E-state index contributed by atoms with van der Waals surface area (Å²) in [7, 11) is 1.64.